The Labute approximate surface area is 190 Å². The van der Waals surface area contributed by atoms with Crippen LogP contribution in [-0.2, 0) is 9.47 Å². The molecule has 0 aromatic rings. The second-order valence-corrected chi connectivity index (χ2v) is 11.1. The Morgan fingerprint density at radius 2 is 1.45 bits per heavy atom. The summed E-state index contributed by atoms with van der Waals surface area (Å²) in [5, 5.41) is 0. The number of ether oxygens (including phenoxy) is 2. The average Bonchev–Trinajstić information content (AvgIpc) is 2.80. The molecule has 0 spiro atoms. The highest BCUT2D eigenvalue weighted by atomic mass is 19.1. The zero-order valence-corrected chi connectivity index (χ0v) is 19.9. The molecule has 3 fully saturated rings. The Hall–Kier alpha value is -0.670. The maximum absolute atomic E-state index is 15.2. The summed E-state index contributed by atoms with van der Waals surface area (Å²) in [5.41, 5.74) is 0. The maximum Gasteiger partial charge on any atom is 0.163 e. The molecule has 0 aromatic carbocycles. The minimum Gasteiger partial charge on any atom is -0.352 e. The molecule has 1 saturated heterocycles. The molecule has 0 amide bonds. The predicted molar refractivity (Wildman–Crippen MR) is 125 cm³/mol. The van der Waals surface area contributed by atoms with Crippen LogP contribution in [0.15, 0.2) is 24.1 Å². The SMILES string of the molecule is CC/C=C\CC1COC(C2C=C(F)C(C3CCC(C4CCC(C)CC4)CC3)CC2)OC1. The average molecular weight is 433 g/mol. The molecule has 2 saturated carbocycles. The number of rotatable bonds is 6. The van der Waals surface area contributed by atoms with Crippen LogP contribution in [0.5, 0.6) is 0 Å². The van der Waals surface area contributed by atoms with E-state index in [2.05, 4.69) is 26.0 Å². The normalized spacial score (nSPS) is 42.5. The summed E-state index contributed by atoms with van der Waals surface area (Å²) in [4.78, 5) is 0. The molecule has 0 radical (unpaired) electrons. The fraction of sp³-hybridized carbons (Fsp3) is 0.857. The van der Waals surface area contributed by atoms with E-state index in [0.29, 0.717) is 11.8 Å². The lowest BCUT2D eigenvalue weighted by Crippen LogP contribution is -2.38. The van der Waals surface area contributed by atoms with Crippen molar-refractivity contribution in [1.29, 1.82) is 0 Å². The molecule has 0 aromatic heterocycles. The molecule has 0 N–H and O–H groups in total. The third-order valence-electron chi connectivity index (χ3n) is 8.86. The fourth-order valence-corrected chi connectivity index (χ4v) is 6.77. The molecule has 4 aliphatic rings. The van der Waals surface area contributed by atoms with Crippen LogP contribution in [0.25, 0.3) is 0 Å². The topological polar surface area (TPSA) is 18.5 Å². The Balaban J connectivity index is 1.22. The van der Waals surface area contributed by atoms with Crippen molar-refractivity contribution in [2.45, 2.75) is 97.2 Å². The van der Waals surface area contributed by atoms with Crippen molar-refractivity contribution >= 4 is 0 Å². The zero-order valence-electron chi connectivity index (χ0n) is 19.9. The molecule has 31 heavy (non-hydrogen) atoms. The van der Waals surface area contributed by atoms with E-state index in [-0.39, 0.29) is 24.0 Å². The summed E-state index contributed by atoms with van der Waals surface area (Å²) in [6.07, 6.45) is 21.0. The van der Waals surface area contributed by atoms with E-state index in [1.165, 1.54) is 51.4 Å². The van der Waals surface area contributed by atoms with Gasteiger partial charge in [-0.15, -0.1) is 0 Å². The Morgan fingerprint density at radius 1 is 0.839 bits per heavy atom. The van der Waals surface area contributed by atoms with Gasteiger partial charge in [0.2, 0.25) is 0 Å². The highest BCUT2D eigenvalue weighted by Gasteiger charge is 2.38. The Morgan fingerprint density at radius 3 is 2.06 bits per heavy atom. The summed E-state index contributed by atoms with van der Waals surface area (Å²) in [6.45, 7) is 6.03. The molecular formula is C28H45FO2. The van der Waals surface area contributed by atoms with E-state index in [9.17, 15) is 0 Å². The lowest BCUT2D eigenvalue weighted by Gasteiger charge is -2.41. The summed E-state index contributed by atoms with van der Waals surface area (Å²) < 4.78 is 27.2. The first-order valence-electron chi connectivity index (χ1n) is 13.4. The smallest absolute Gasteiger partial charge is 0.163 e. The van der Waals surface area contributed by atoms with E-state index in [4.69, 9.17) is 9.47 Å². The van der Waals surface area contributed by atoms with Crippen LogP contribution in [0.3, 0.4) is 0 Å². The molecule has 1 heterocycles. The van der Waals surface area contributed by atoms with Gasteiger partial charge < -0.3 is 9.47 Å². The van der Waals surface area contributed by atoms with Crippen molar-refractivity contribution in [3.05, 3.63) is 24.1 Å². The van der Waals surface area contributed by atoms with Crippen molar-refractivity contribution in [3.8, 4) is 0 Å². The second kappa shape index (κ2) is 11.5. The molecule has 3 aliphatic carbocycles. The third kappa shape index (κ3) is 6.22. The van der Waals surface area contributed by atoms with Crippen molar-refractivity contribution in [2.75, 3.05) is 13.2 Å². The van der Waals surface area contributed by atoms with E-state index in [1.54, 1.807) is 0 Å². The highest BCUT2D eigenvalue weighted by Crippen LogP contribution is 2.47. The van der Waals surface area contributed by atoms with Gasteiger partial charge in [-0.2, -0.15) is 0 Å². The minimum atomic E-state index is -0.248. The monoisotopic (exact) mass is 432 g/mol. The number of hydrogen-bond acceptors (Lipinski definition) is 2. The van der Waals surface area contributed by atoms with Crippen LogP contribution < -0.4 is 0 Å². The van der Waals surface area contributed by atoms with Crippen LogP contribution in [0.1, 0.15) is 90.9 Å². The zero-order chi connectivity index (χ0) is 21.6. The fourth-order valence-electron chi connectivity index (χ4n) is 6.77. The van der Waals surface area contributed by atoms with Crippen LogP contribution >= 0.6 is 0 Å². The first-order valence-corrected chi connectivity index (χ1v) is 13.4. The van der Waals surface area contributed by atoms with E-state index < -0.39 is 0 Å². The van der Waals surface area contributed by atoms with Gasteiger partial charge in [0.05, 0.1) is 19.0 Å². The van der Waals surface area contributed by atoms with Crippen molar-refractivity contribution in [2.24, 2.45) is 41.4 Å². The molecule has 4 rings (SSSR count). The molecule has 1 aliphatic heterocycles. The first-order chi connectivity index (χ1) is 15.1. The van der Waals surface area contributed by atoms with E-state index in [0.717, 1.165) is 56.7 Å². The van der Waals surface area contributed by atoms with E-state index in [1.807, 2.05) is 6.08 Å². The van der Waals surface area contributed by atoms with Crippen molar-refractivity contribution < 1.29 is 13.9 Å². The standard InChI is InChI=1S/C28H45FO2/c1-3-4-5-6-21-18-30-28(31-19-21)25-15-16-26(27(29)17-25)24-13-11-23(12-14-24)22-9-7-20(2)8-10-22/h4-5,17,20-26,28H,3,6-16,18-19H2,1-2H3/b5-4-. The summed E-state index contributed by atoms with van der Waals surface area (Å²) in [6, 6.07) is 0. The van der Waals surface area contributed by atoms with Crippen LogP contribution in [0, 0.1) is 41.4 Å². The number of hydrogen-bond donors (Lipinski definition) is 0. The molecule has 176 valence electrons. The number of allylic oxidation sites excluding steroid dienone is 3. The summed E-state index contributed by atoms with van der Waals surface area (Å²) in [7, 11) is 0. The lowest BCUT2D eigenvalue weighted by atomic mass is 9.66. The molecule has 0 bridgehead atoms. The molecular weight excluding hydrogens is 387 g/mol. The largest absolute Gasteiger partial charge is 0.352 e. The quantitative estimate of drug-likeness (QED) is 0.398. The van der Waals surface area contributed by atoms with Crippen LogP contribution in [0.2, 0.25) is 0 Å². The van der Waals surface area contributed by atoms with E-state index >= 15 is 4.39 Å². The molecule has 2 nitrogen and oxygen atoms in total. The third-order valence-corrected chi connectivity index (χ3v) is 8.86. The maximum atomic E-state index is 15.2. The van der Waals surface area contributed by atoms with Gasteiger partial charge in [0.1, 0.15) is 0 Å². The van der Waals surface area contributed by atoms with Crippen LogP contribution in [0.4, 0.5) is 4.39 Å². The number of halogens is 1. The Bertz CT molecular complexity index is 590. The van der Waals surface area contributed by atoms with Gasteiger partial charge in [0, 0.05) is 17.8 Å². The Kier molecular flexibility index (Phi) is 8.68. The summed E-state index contributed by atoms with van der Waals surface area (Å²) >= 11 is 0. The van der Waals surface area contributed by atoms with Gasteiger partial charge in [-0.3, -0.25) is 0 Å². The van der Waals surface area contributed by atoms with Gasteiger partial charge in [-0.25, -0.2) is 4.39 Å². The highest BCUT2D eigenvalue weighted by molar-refractivity contribution is 5.08. The lowest BCUT2D eigenvalue weighted by molar-refractivity contribution is -0.218. The predicted octanol–water partition coefficient (Wildman–Crippen LogP) is 7.84. The van der Waals surface area contributed by atoms with Crippen molar-refractivity contribution in [3.63, 3.8) is 0 Å². The van der Waals surface area contributed by atoms with Gasteiger partial charge in [-0.1, -0.05) is 38.8 Å². The second-order valence-electron chi connectivity index (χ2n) is 11.1. The molecule has 2 unspecified atom stereocenters. The van der Waals surface area contributed by atoms with Gasteiger partial charge in [0.25, 0.3) is 0 Å². The van der Waals surface area contributed by atoms with Crippen LogP contribution in [-0.4, -0.2) is 19.5 Å². The summed E-state index contributed by atoms with van der Waals surface area (Å²) in [5.74, 6) is 4.16. The van der Waals surface area contributed by atoms with Gasteiger partial charge in [0.15, 0.2) is 6.29 Å². The molecule has 2 atom stereocenters. The van der Waals surface area contributed by atoms with Gasteiger partial charge >= 0.3 is 0 Å². The first kappa shape index (κ1) is 23.5. The molecule has 3 heteroatoms. The minimum absolute atomic E-state index is 0.0870. The van der Waals surface area contributed by atoms with Gasteiger partial charge in [-0.05, 0) is 94.0 Å². The van der Waals surface area contributed by atoms with Crippen molar-refractivity contribution in [1.82, 2.24) is 0 Å².